The highest BCUT2D eigenvalue weighted by Gasteiger charge is 2.15. The molecule has 0 fully saturated rings. The fourth-order valence-corrected chi connectivity index (χ4v) is 1.90. The first kappa shape index (κ1) is 20.7. The molecule has 1 aromatic heterocycles. The van der Waals surface area contributed by atoms with Crippen molar-refractivity contribution in [3.63, 3.8) is 0 Å². The van der Waals surface area contributed by atoms with E-state index in [9.17, 15) is 4.79 Å². The fourth-order valence-electron chi connectivity index (χ4n) is 1.90. The van der Waals surface area contributed by atoms with Crippen molar-refractivity contribution in [3.05, 3.63) is 18.0 Å². The molecule has 0 aliphatic heterocycles. The number of carbonyl (C=O) groups is 1. The Balaban J connectivity index is 0.00000441. The molecule has 8 heteroatoms. The van der Waals surface area contributed by atoms with Gasteiger partial charge in [-0.15, -0.1) is 24.0 Å². The van der Waals surface area contributed by atoms with Crippen molar-refractivity contribution in [3.8, 4) is 0 Å². The molecule has 1 rings (SSSR count). The zero-order chi connectivity index (χ0) is 15.7. The lowest BCUT2D eigenvalue weighted by Gasteiger charge is -2.25. The Labute approximate surface area is 149 Å². The Bertz CT molecular complexity index is 446. The van der Waals surface area contributed by atoms with Gasteiger partial charge < -0.3 is 19.6 Å². The van der Waals surface area contributed by atoms with Gasteiger partial charge in [0.15, 0.2) is 5.96 Å². The van der Waals surface area contributed by atoms with E-state index in [0.29, 0.717) is 19.0 Å². The first-order valence-electron chi connectivity index (χ1n) is 7.28. The largest absolute Gasteiger partial charge is 0.364 e. The fraction of sp³-hybridized carbons (Fsp3) is 0.643. The number of amides is 1. The van der Waals surface area contributed by atoms with Crippen LogP contribution in [0.2, 0.25) is 0 Å². The Morgan fingerprint density at radius 1 is 1.36 bits per heavy atom. The Hall–Kier alpha value is -1.32. The quantitative estimate of drug-likeness (QED) is 0.410. The van der Waals surface area contributed by atoms with E-state index in [2.05, 4.69) is 15.5 Å². The number of guanidine groups is 1. The molecule has 0 aliphatic rings. The molecule has 1 amide bonds. The minimum absolute atomic E-state index is 0. The summed E-state index contributed by atoms with van der Waals surface area (Å²) < 4.78 is 4.78. The molecule has 0 aliphatic carbocycles. The van der Waals surface area contributed by atoms with E-state index < -0.39 is 0 Å². The van der Waals surface area contributed by atoms with Crippen molar-refractivity contribution < 1.29 is 9.32 Å². The van der Waals surface area contributed by atoms with E-state index in [0.717, 1.165) is 25.3 Å². The second-order valence-electron chi connectivity index (χ2n) is 4.58. The lowest BCUT2D eigenvalue weighted by molar-refractivity contribution is -0.131. The van der Waals surface area contributed by atoms with Gasteiger partial charge in [0.05, 0.1) is 13.1 Å². The number of likely N-dealkylation sites (N-methyl/N-ethyl adjacent to an activating group) is 2. The predicted octanol–water partition coefficient (Wildman–Crippen LogP) is 1.56. The molecule has 0 atom stereocenters. The van der Waals surface area contributed by atoms with Gasteiger partial charge in [-0.3, -0.25) is 4.79 Å². The summed E-state index contributed by atoms with van der Waals surface area (Å²) in [5, 5.41) is 6.99. The van der Waals surface area contributed by atoms with E-state index in [4.69, 9.17) is 4.52 Å². The van der Waals surface area contributed by atoms with E-state index in [1.165, 1.54) is 6.26 Å². The zero-order valence-corrected chi connectivity index (χ0v) is 16.0. The summed E-state index contributed by atoms with van der Waals surface area (Å²) in [6, 6.07) is 1.77. The number of carbonyl (C=O) groups excluding carboxylic acids is 1. The molecule has 0 spiro atoms. The Morgan fingerprint density at radius 2 is 2.05 bits per heavy atom. The topological polar surface area (TPSA) is 74.0 Å². The summed E-state index contributed by atoms with van der Waals surface area (Å²) in [6.45, 7) is 8.84. The molecule has 1 aromatic rings. The average Bonchev–Trinajstić information content (AvgIpc) is 2.97. The number of rotatable bonds is 7. The summed E-state index contributed by atoms with van der Waals surface area (Å²) in [5.74, 6) is 0.774. The minimum atomic E-state index is 0. The van der Waals surface area contributed by atoms with Crippen LogP contribution in [0, 0.1) is 0 Å². The first-order chi connectivity index (χ1) is 10.1. The van der Waals surface area contributed by atoms with Crippen molar-refractivity contribution in [2.45, 2.75) is 27.3 Å². The Kier molecular flexibility index (Phi) is 10.6. The number of hydrogen-bond acceptors (Lipinski definition) is 4. The van der Waals surface area contributed by atoms with Crippen molar-refractivity contribution >= 4 is 35.8 Å². The van der Waals surface area contributed by atoms with Crippen LogP contribution in [0.15, 0.2) is 21.8 Å². The van der Waals surface area contributed by atoms with Crippen LogP contribution < -0.4 is 5.32 Å². The van der Waals surface area contributed by atoms with Gasteiger partial charge in [0.2, 0.25) is 5.91 Å². The summed E-state index contributed by atoms with van der Waals surface area (Å²) >= 11 is 0. The van der Waals surface area contributed by atoms with Crippen LogP contribution in [0.5, 0.6) is 0 Å². The average molecular weight is 423 g/mol. The molecular weight excluding hydrogens is 397 g/mol. The summed E-state index contributed by atoms with van der Waals surface area (Å²) in [4.78, 5) is 20.2. The maximum absolute atomic E-state index is 12.1. The van der Waals surface area contributed by atoms with Crippen molar-refractivity contribution in [2.24, 2.45) is 4.99 Å². The van der Waals surface area contributed by atoms with Crippen LogP contribution in [-0.4, -0.2) is 60.0 Å². The second kappa shape index (κ2) is 11.3. The van der Waals surface area contributed by atoms with Crippen LogP contribution in [0.1, 0.15) is 26.5 Å². The molecule has 0 aromatic carbocycles. The third kappa shape index (κ3) is 6.63. The van der Waals surface area contributed by atoms with E-state index in [1.807, 2.05) is 32.7 Å². The number of halogens is 1. The number of hydrogen-bond donors (Lipinski definition) is 1. The molecule has 126 valence electrons. The number of nitrogens with one attached hydrogen (secondary N) is 1. The lowest BCUT2D eigenvalue weighted by atomic mass is 10.4. The normalized spacial score (nSPS) is 10.8. The molecular formula is C14H26IN5O2. The maximum atomic E-state index is 12.1. The predicted molar refractivity (Wildman–Crippen MR) is 97.3 cm³/mol. The van der Waals surface area contributed by atoms with Gasteiger partial charge in [0.25, 0.3) is 0 Å². The van der Waals surface area contributed by atoms with Crippen LogP contribution in [-0.2, 0) is 11.3 Å². The van der Waals surface area contributed by atoms with Gasteiger partial charge in [0.1, 0.15) is 12.0 Å². The molecule has 22 heavy (non-hydrogen) atoms. The highest BCUT2D eigenvalue weighted by molar-refractivity contribution is 14.0. The van der Waals surface area contributed by atoms with Gasteiger partial charge in [0, 0.05) is 32.7 Å². The van der Waals surface area contributed by atoms with Gasteiger partial charge in [-0.25, -0.2) is 4.99 Å². The second-order valence-corrected chi connectivity index (χ2v) is 4.58. The number of aliphatic imine (C=N–C) groups is 1. The first-order valence-corrected chi connectivity index (χ1v) is 7.28. The summed E-state index contributed by atoms with van der Waals surface area (Å²) in [7, 11) is 1.85. The van der Waals surface area contributed by atoms with E-state index in [-0.39, 0.29) is 29.9 Å². The SMILES string of the molecule is CCNC(=NCc1ccon1)N(C)CC(=O)N(CC)CC.I. The van der Waals surface area contributed by atoms with Gasteiger partial charge in [-0.05, 0) is 20.8 Å². The van der Waals surface area contributed by atoms with Gasteiger partial charge in [-0.2, -0.15) is 0 Å². The lowest BCUT2D eigenvalue weighted by Crippen LogP contribution is -2.45. The van der Waals surface area contributed by atoms with Crippen LogP contribution >= 0.6 is 24.0 Å². The molecule has 0 bridgehead atoms. The van der Waals surface area contributed by atoms with Crippen molar-refractivity contribution in [1.82, 2.24) is 20.3 Å². The monoisotopic (exact) mass is 423 g/mol. The van der Waals surface area contributed by atoms with Crippen molar-refractivity contribution in [2.75, 3.05) is 33.2 Å². The highest BCUT2D eigenvalue weighted by Crippen LogP contribution is 1.99. The standard InChI is InChI=1S/C14H25N5O2.HI/c1-5-15-14(16-10-12-8-9-21-17-12)18(4)11-13(20)19(6-2)7-3;/h8-9H,5-7,10-11H2,1-4H3,(H,15,16);1H. The smallest absolute Gasteiger partial charge is 0.242 e. The van der Waals surface area contributed by atoms with Crippen LogP contribution in [0.25, 0.3) is 0 Å². The maximum Gasteiger partial charge on any atom is 0.242 e. The third-order valence-electron chi connectivity index (χ3n) is 3.07. The van der Waals surface area contributed by atoms with E-state index >= 15 is 0 Å². The Morgan fingerprint density at radius 3 is 2.55 bits per heavy atom. The molecule has 0 saturated carbocycles. The number of nitrogens with zero attached hydrogens (tertiary/aromatic N) is 4. The molecule has 1 heterocycles. The molecule has 1 N–H and O–H groups in total. The van der Waals surface area contributed by atoms with Gasteiger partial charge in [-0.1, -0.05) is 5.16 Å². The van der Waals surface area contributed by atoms with Crippen LogP contribution in [0.4, 0.5) is 0 Å². The van der Waals surface area contributed by atoms with Crippen molar-refractivity contribution in [1.29, 1.82) is 0 Å². The van der Waals surface area contributed by atoms with Crippen LogP contribution in [0.3, 0.4) is 0 Å². The molecule has 0 saturated heterocycles. The third-order valence-corrected chi connectivity index (χ3v) is 3.07. The van der Waals surface area contributed by atoms with Gasteiger partial charge >= 0.3 is 0 Å². The molecule has 7 nitrogen and oxygen atoms in total. The molecule has 0 radical (unpaired) electrons. The number of aromatic nitrogens is 1. The summed E-state index contributed by atoms with van der Waals surface area (Å²) in [5.41, 5.74) is 0.758. The van der Waals surface area contributed by atoms with E-state index in [1.54, 1.807) is 11.0 Å². The minimum Gasteiger partial charge on any atom is -0.364 e. The zero-order valence-electron chi connectivity index (χ0n) is 13.7. The highest BCUT2D eigenvalue weighted by atomic mass is 127. The summed E-state index contributed by atoms with van der Waals surface area (Å²) in [6.07, 6.45) is 1.52. The molecule has 0 unspecified atom stereocenters.